The van der Waals surface area contributed by atoms with Gasteiger partial charge in [0.25, 0.3) is 0 Å². The van der Waals surface area contributed by atoms with Crippen molar-refractivity contribution in [3.8, 4) is 0 Å². The average Bonchev–Trinajstić information content (AvgIpc) is 2.35. The van der Waals surface area contributed by atoms with Crippen LogP contribution in [0.15, 0.2) is 23.1 Å². The maximum Gasteiger partial charge on any atom is 0.339 e. The van der Waals surface area contributed by atoms with Gasteiger partial charge in [0, 0.05) is 10.5 Å². The normalized spacial score (nSPS) is 9.94. The minimum absolute atomic E-state index is 0.0576. The number of thioether (sulfide) groups is 1. The maximum atomic E-state index is 11.5. The van der Waals surface area contributed by atoms with Crippen LogP contribution >= 0.6 is 27.7 Å². The van der Waals surface area contributed by atoms with Crippen LogP contribution in [0.2, 0.25) is 0 Å². The van der Waals surface area contributed by atoms with Gasteiger partial charge in [-0.05, 0) is 18.4 Å². The zero-order valence-corrected chi connectivity index (χ0v) is 11.4. The summed E-state index contributed by atoms with van der Waals surface area (Å²) in [6, 6.07) is 5.04. The van der Waals surface area contributed by atoms with E-state index in [4.69, 9.17) is 0 Å². The zero-order valence-electron chi connectivity index (χ0n) is 8.95. The van der Waals surface area contributed by atoms with Crippen LogP contribution in [0.1, 0.15) is 20.7 Å². The van der Waals surface area contributed by atoms with Gasteiger partial charge >= 0.3 is 5.97 Å². The molecular formula is C11H11BrO3S. The molecule has 3 nitrogen and oxygen atoms in total. The number of ether oxygens (including phenoxy) is 1. The predicted molar refractivity (Wildman–Crippen MR) is 67.7 cm³/mol. The summed E-state index contributed by atoms with van der Waals surface area (Å²) in [5.74, 6) is -0.480. The third kappa shape index (κ3) is 2.86. The molecule has 0 bridgehead atoms. The molecule has 0 amide bonds. The number of hydrogen-bond donors (Lipinski definition) is 0. The summed E-state index contributed by atoms with van der Waals surface area (Å²) in [6.45, 7) is 0. The minimum Gasteiger partial charge on any atom is -0.465 e. The number of rotatable bonds is 4. The molecule has 0 aliphatic heterocycles. The number of carbonyl (C=O) groups is 2. The number of hydrogen-bond acceptors (Lipinski definition) is 4. The second-order valence-electron chi connectivity index (χ2n) is 2.96. The number of methoxy groups -OCH3 is 1. The van der Waals surface area contributed by atoms with E-state index < -0.39 is 5.97 Å². The Labute approximate surface area is 107 Å². The van der Waals surface area contributed by atoms with Crippen LogP contribution < -0.4 is 0 Å². The smallest absolute Gasteiger partial charge is 0.339 e. The number of benzene rings is 1. The minimum atomic E-state index is -0.423. The average molecular weight is 303 g/mol. The lowest BCUT2D eigenvalue weighted by molar-refractivity contribution is 0.0597. The summed E-state index contributed by atoms with van der Waals surface area (Å²) in [5, 5.41) is 0.242. The molecule has 0 atom stereocenters. The van der Waals surface area contributed by atoms with Gasteiger partial charge in [0.2, 0.25) is 0 Å². The van der Waals surface area contributed by atoms with Crippen LogP contribution in [0.4, 0.5) is 0 Å². The van der Waals surface area contributed by atoms with Gasteiger partial charge in [0.05, 0.1) is 18.0 Å². The molecule has 1 aromatic rings. The first-order valence-corrected chi connectivity index (χ1v) is 6.84. The molecule has 0 aliphatic carbocycles. The van der Waals surface area contributed by atoms with Crippen molar-refractivity contribution in [1.29, 1.82) is 0 Å². The number of carbonyl (C=O) groups excluding carboxylic acids is 2. The van der Waals surface area contributed by atoms with Crippen molar-refractivity contribution in [2.75, 3.05) is 18.7 Å². The Morgan fingerprint density at radius 1 is 1.44 bits per heavy atom. The van der Waals surface area contributed by atoms with Crippen molar-refractivity contribution in [3.63, 3.8) is 0 Å². The van der Waals surface area contributed by atoms with Crippen molar-refractivity contribution in [2.24, 2.45) is 0 Å². The summed E-state index contributed by atoms with van der Waals surface area (Å²) in [5.41, 5.74) is 0.942. The van der Waals surface area contributed by atoms with Crippen LogP contribution in [-0.4, -0.2) is 30.4 Å². The van der Waals surface area contributed by atoms with E-state index in [1.165, 1.54) is 18.9 Å². The Bertz CT molecular complexity index is 418. The molecule has 0 saturated heterocycles. The molecular weight excluding hydrogens is 292 g/mol. The quantitative estimate of drug-likeness (QED) is 0.371. The van der Waals surface area contributed by atoms with E-state index in [1.807, 2.05) is 6.26 Å². The van der Waals surface area contributed by atoms with Gasteiger partial charge in [-0.3, -0.25) is 4.79 Å². The molecule has 0 saturated carbocycles. The summed E-state index contributed by atoms with van der Waals surface area (Å²) in [7, 11) is 1.32. The van der Waals surface area contributed by atoms with Crippen LogP contribution in [0.5, 0.6) is 0 Å². The third-order valence-corrected chi connectivity index (χ3v) is 3.35. The highest BCUT2D eigenvalue weighted by Crippen LogP contribution is 2.22. The third-order valence-electron chi connectivity index (χ3n) is 2.05. The van der Waals surface area contributed by atoms with Crippen molar-refractivity contribution >= 4 is 39.4 Å². The monoisotopic (exact) mass is 302 g/mol. The number of halogens is 1. The summed E-state index contributed by atoms with van der Waals surface area (Å²) in [4.78, 5) is 23.8. The molecule has 0 spiro atoms. The van der Waals surface area contributed by atoms with Gasteiger partial charge in [0.15, 0.2) is 5.78 Å². The molecule has 1 aromatic carbocycles. The van der Waals surface area contributed by atoms with Crippen LogP contribution in [0, 0.1) is 0 Å². The molecule has 5 heteroatoms. The molecule has 0 heterocycles. The Balaban J connectivity index is 3.21. The van der Waals surface area contributed by atoms with Crippen LogP contribution in [0.3, 0.4) is 0 Å². The fraction of sp³-hybridized carbons (Fsp3) is 0.273. The van der Waals surface area contributed by atoms with Gasteiger partial charge < -0.3 is 4.74 Å². The molecule has 0 fully saturated rings. The van der Waals surface area contributed by atoms with Crippen molar-refractivity contribution in [1.82, 2.24) is 0 Å². The Kier molecular flexibility index (Phi) is 5.02. The zero-order chi connectivity index (χ0) is 12.1. The SMILES string of the molecule is COC(=O)c1cc(C(=O)CBr)ccc1SC. The van der Waals surface area contributed by atoms with E-state index in [1.54, 1.807) is 18.2 Å². The lowest BCUT2D eigenvalue weighted by atomic mass is 10.1. The van der Waals surface area contributed by atoms with Gasteiger partial charge in [-0.25, -0.2) is 4.79 Å². The van der Waals surface area contributed by atoms with E-state index >= 15 is 0 Å². The Morgan fingerprint density at radius 2 is 2.12 bits per heavy atom. The number of ketones is 1. The first-order chi connectivity index (χ1) is 7.63. The van der Waals surface area contributed by atoms with Gasteiger partial charge in [-0.2, -0.15) is 0 Å². The van der Waals surface area contributed by atoms with Crippen LogP contribution in [-0.2, 0) is 4.74 Å². The molecule has 1 rings (SSSR count). The summed E-state index contributed by atoms with van der Waals surface area (Å²) in [6.07, 6.45) is 1.87. The largest absolute Gasteiger partial charge is 0.465 e. The highest BCUT2D eigenvalue weighted by atomic mass is 79.9. The van der Waals surface area contributed by atoms with Crippen molar-refractivity contribution < 1.29 is 14.3 Å². The summed E-state index contributed by atoms with van der Waals surface area (Å²) < 4.78 is 4.67. The van der Waals surface area contributed by atoms with Crippen molar-refractivity contribution in [3.05, 3.63) is 29.3 Å². The van der Waals surface area contributed by atoms with E-state index in [0.29, 0.717) is 11.1 Å². The van der Waals surface area contributed by atoms with E-state index in [9.17, 15) is 9.59 Å². The summed E-state index contributed by atoms with van der Waals surface area (Å²) >= 11 is 4.54. The highest BCUT2D eigenvalue weighted by molar-refractivity contribution is 9.09. The maximum absolute atomic E-state index is 11.5. The highest BCUT2D eigenvalue weighted by Gasteiger charge is 2.14. The molecule has 0 unspecified atom stereocenters. The lowest BCUT2D eigenvalue weighted by Gasteiger charge is -2.07. The Morgan fingerprint density at radius 3 is 2.62 bits per heavy atom. The fourth-order valence-electron chi connectivity index (χ4n) is 1.23. The van der Waals surface area contributed by atoms with Gasteiger partial charge in [-0.1, -0.05) is 22.0 Å². The first kappa shape index (κ1) is 13.3. The molecule has 0 N–H and O–H groups in total. The lowest BCUT2D eigenvalue weighted by Crippen LogP contribution is -2.07. The molecule has 0 radical (unpaired) electrons. The standard InChI is InChI=1S/C11H11BrO3S/c1-15-11(14)8-5-7(9(13)6-12)3-4-10(8)16-2/h3-5H,6H2,1-2H3. The first-order valence-electron chi connectivity index (χ1n) is 4.49. The van der Waals surface area contributed by atoms with Crippen LogP contribution in [0.25, 0.3) is 0 Å². The number of Topliss-reactive ketones (excluding diaryl/α,β-unsaturated/α-hetero) is 1. The Hall–Kier alpha value is -0.810. The number of alkyl halides is 1. The van der Waals surface area contributed by atoms with Gasteiger partial charge in [-0.15, -0.1) is 11.8 Å². The topological polar surface area (TPSA) is 43.4 Å². The second kappa shape index (κ2) is 6.06. The number of esters is 1. The molecule has 16 heavy (non-hydrogen) atoms. The van der Waals surface area contributed by atoms with Crippen molar-refractivity contribution in [2.45, 2.75) is 4.90 Å². The molecule has 0 aromatic heterocycles. The predicted octanol–water partition coefficient (Wildman–Crippen LogP) is 2.77. The fourth-order valence-corrected chi connectivity index (χ4v) is 2.12. The molecule has 0 aliphatic rings. The van der Waals surface area contributed by atoms with E-state index in [0.717, 1.165) is 4.90 Å². The van der Waals surface area contributed by atoms with Gasteiger partial charge in [0.1, 0.15) is 0 Å². The van der Waals surface area contributed by atoms with E-state index in [2.05, 4.69) is 20.7 Å². The second-order valence-corrected chi connectivity index (χ2v) is 4.37. The molecule has 86 valence electrons. The van der Waals surface area contributed by atoms with E-state index in [-0.39, 0.29) is 11.1 Å².